The zero-order valence-corrected chi connectivity index (χ0v) is 21.1. The van der Waals surface area contributed by atoms with E-state index in [2.05, 4.69) is 20.6 Å². The van der Waals surface area contributed by atoms with Crippen LogP contribution in [0.3, 0.4) is 0 Å². The molecule has 0 spiro atoms. The second-order valence-corrected chi connectivity index (χ2v) is 8.81. The van der Waals surface area contributed by atoms with Crippen LogP contribution in [0, 0.1) is 5.82 Å². The zero-order valence-electron chi connectivity index (χ0n) is 20.3. The maximum Gasteiger partial charge on any atom is 0.412 e. The molecule has 9 nitrogen and oxygen atoms in total. The second-order valence-electron chi connectivity index (χ2n) is 8.44. The Morgan fingerprint density at radius 3 is 2.70 bits per heavy atom. The molecule has 0 aliphatic rings. The van der Waals surface area contributed by atoms with Crippen molar-refractivity contribution in [1.82, 2.24) is 24.8 Å². The van der Waals surface area contributed by atoms with Crippen LogP contribution in [-0.2, 0) is 24.8 Å². The molecular weight excluding hydrogens is 499 g/mol. The third kappa shape index (κ3) is 6.53. The summed E-state index contributed by atoms with van der Waals surface area (Å²) in [6, 6.07) is 12.8. The van der Waals surface area contributed by atoms with Crippen molar-refractivity contribution in [3.63, 3.8) is 0 Å². The number of amides is 3. The van der Waals surface area contributed by atoms with Crippen LogP contribution in [0.5, 0.6) is 0 Å². The number of nitrogens with one attached hydrogen (secondary N) is 2. The van der Waals surface area contributed by atoms with Crippen LogP contribution < -0.4 is 10.6 Å². The summed E-state index contributed by atoms with van der Waals surface area (Å²) < 4.78 is 21.0. The van der Waals surface area contributed by atoms with Crippen molar-refractivity contribution in [2.75, 3.05) is 19.0 Å². The molecule has 1 atom stereocenters. The van der Waals surface area contributed by atoms with Gasteiger partial charge in [-0.25, -0.2) is 23.9 Å². The summed E-state index contributed by atoms with van der Waals surface area (Å²) in [6.07, 6.45) is 4.73. The molecule has 2 N–H and O–H groups in total. The zero-order chi connectivity index (χ0) is 26.4. The van der Waals surface area contributed by atoms with Crippen LogP contribution in [0.1, 0.15) is 11.4 Å². The van der Waals surface area contributed by atoms with Crippen molar-refractivity contribution >= 4 is 40.3 Å². The number of aryl methyl sites for hydroxylation is 1. The van der Waals surface area contributed by atoms with Crippen LogP contribution in [0.2, 0.25) is 5.02 Å². The number of hydrogen-bond acceptors (Lipinski definition) is 5. The van der Waals surface area contributed by atoms with Gasteiger partial charge in [-0.1, -0.05) is 48.0 Å². The monoisotopic (exact) mass is 524 g/mol. The number of hydrogen-bond donors (Lipinski definition) is 2. The highest BCUT2D eigenvalue weighted by Crippen LogP contribution is 2.20. The number of carbonyl (C=O) groups excluding carboxylic acids is 2. The molecule has 4 rings (SSSR count). The predicted octanol–water partition coefficient (Wildman–Crippen LogP) is 4.76. The second kappa shape index (κ2) is 11.7. The summed E-state index contributed by atoms with van der Waals surface area (Å²) in [6.45, 7) is -0.0687. The standard InChI is InChI=1S/C26H26ClFN6O3/c1-33-11-10-29-23(33)13-20(34(2)25(35)31-15-19-8-5-9-21(28)24(19)27)16-37-26(36)32-22-12-17-6-3-4-7-18(17)14-30-22/h3-12,14,20H,13,15-16H2,1-2H3,(H,31,35)(H,30,32,36). The average Bonchev–Trinajstić information content (AvgIpc) is 3.30. The first-order valence-electron chi connectivity index (χ1n) is 11.5. The van der Waals surface area contributed by atoms with E-state index in [-0.39, 0.29) is 18.2 Å². The Bertz CT molecular complexity index is 1410. The van der Waals surface area contributed by atoms with Crippen molar-refractivity contribution in [2.45, 2.75) is 19.0 Å². The molecular formula is C26H26ClFN6O3. The Labute approximate surface area is 218 Å². The lowest BCUT2D eigenvalue weighted by atomic mass is 10.2. The molecule has 1 unspecified atom stereocenters. The number of aromatic nitrogens is 3. The minimum atomic E-state index is -0.701. The van der Waals surface area contributed by atoms with Crippen LogP contribution in [0.4, 0.5) is 19.8 Å². The largest absolute Gasteiger partial charge is 0.447 e. The third-order valence-corrected chi connectivity index (χ3v) is 6.36. The molecule has 37 heavy (non-hydrogen) atoms. The molecule has 11 heteroatoms. The normalized spacial score (nSPS) is 11.7. The van der Waals surface area contributed by atoms with E-state index in [9.17, 15) is 14.0 Å². The molecule has 0 saturated heterocycles. The number of benzene rings is 2. The van der Waals surface area contributed by atoms with Crippen LogP contribution in [0.15, 0.2) is 67.1 Å². The molecule has 2 heterocycles. The van der Waals surface area contributed by atoms with E-state index in [0.29, 0.717) is 23.6 Å². The summed E-state index contributed by atoms with van der Waals surface area (Å²) in [7, 11) is 3.42. The Morgan fingerprint density at radius 2 is 1.95 bits per heavy atom. The molecule has 4 aromatic rings. The number of anilines is 1. The number of fused-ring (bicyclic) bond motifs is 1. The number of ether oxygens (including phenoxy) is 1. The molecule has 0 fully saturated rings. The number of nitrogens with zero attached hydrogens (tertiary/aromatic N) is 4. The van der Waals surface area contributed by atoms with Crippen LogP contribution in [-0.4, -0.2) is 51.3 Å². The van der Waals surface area contributed by atoms with E-state index in [4.69, 9.17) is 16.3 Å². The maximum absolute atomic E-state index is 13.7. The Balaban J connectivity index is 1.40. The van der Waals surface area contributed by atoms with Crippen molar-refractivity contribution in [3.05, 3.63) is 89.3 Å². The first-order chi connectivity index (χ1) is 17.8. The molecule has 2 aromatic carbocycles. The van der Waals surface area contributed by atoms with Gasteiger partial charge in [-0.2, -0.15) is 0 Å². The molecule has 3 amide bonds. The van der Waals surface area contributed by atoms with Crippen molar-refractivity contribution in [1.29, 1.82) is 0 Å². The Morgan fingerprint density at radius 1 is 1.16 bits per heavy atom. The van der Waals surface area contributed by atoms with E-state index < -0.39 is 24.0 Å². The minimum Gasteiger partial charge on any atom is -0.447 e. The lowest BCUT2D eigenvalue weighted by molar-refractivity contribution is 0.116. The van der Waals surface area contributed by atoms with Crippen molar-refractivity contribution in [2.24, 2.45) is 7.05 Å². The lowest BCUT2D eigenvalue weighted by Gasteiger charge is -2.28. The van der Waals surface area contributed by atoms with E-state index in [1.54, 1.807) is 37.8 Å². The van der Waals surface area contributed by atoms with Gasteiger partial charge in [0.1, 0.15) is 24.1 Å². The fourth-order valence-electron chi connectivity index (χ4n) is 3.72. The number of pyridine rings is 1. The van der Waals surface area contributed by atoms with Gasteiger partial charge in [0.05, 0.1) is 11.1 Å². The summed E-state index contributed by atoms with van der Waals surface area (Å²) >= 11 is 5.99. The van der Waals surface area contributed by atoms with Gasteiger partial charge < -0.3 is 19.5 Å². The average molecular weight is 525 g/mol. The fraction of sp³-hybridized carbons (Fsp3) is 0.231. The third-order valence-electron chi connectivity index (χ3n) is 5.94. The van der Waals surface area contributed by atoms with Gasteiger partial charge in [0, 0.05) is 51.0 Å². The molecule has 0 radical (unpaired) electrons. The minimum absolute atomic E-state index is 0.0316. The number of carbonyl (C=O) groups is 2. The molecule has 0 aliphatic heterocycles. The molecule has 0 bridgehead atoms. The summed E-state index contributed by atoms with van der Waals surface area (Å²) in [4.78, 5) is 35.4. The lowest BCUT2D eigenvalue weighted by Crippen LogP contribution is -2.47. The maximum atomic E-state index is 13.7. The number of imidazole rings is 1. The smallest absolute Gasteiger partial charge is 0.412 e. The molecule has 192 valence electrons. The predicted molar refractivity (Wildman–Crippen MR) is 139 cm³/mol. The number of urea groups is 1. The van der Waals surface area contributed by atoms with Gasteiger partial charge in [0.2, 0.25) is 0 Å². The van der Waals surface area contributed by atoms with Gasteiger partial charge in [-0.15, -0.1) is 0 Å². The topological polar surface area (TPSA) is 101 Å². The first kappa shape index (κ1) is 25.9. The molecule has 0 saturated carbocycles. The van der Waals surface area contributed by atoms with Gasteiger partial charge in [-0.05, 0) is 23.1 Å². The number of rotatable bonds is 8. The van der Waals surface area contributed by atoms with Gasteiger partial charge in [-0.3, -0.25) is 5.32 Å². The van der Waals surface area contributed by atoms with E-state index in [1.807, 2.05) is 35.9 Å². The van der Waals surface area contributed by atoms with Crippen LogP contribution in [0.25, 0.3) is 10.8 Å². The van der Waals surface area contributed by atoms with Gasteiger partial charge in [0.25, 0.3) is 0 Å². The molecule has 2 aromatic heterocycles. The number of halogens is 2. The Kier molecular flexibility index (Phi) is 8.19. The highest BCUT2D eigenvalue weighted by Gasteiger charge is 2.24. The highest BCUT2D eigenvalue weighted by molar-refractivity contribution is 6.31. The van der Waals surface area contributed by atoms with Gasteiger partial charge >= 0.3 is 12.1 Å². The summed E-state index contributed by atoms with van der Waals surface area (Å²) in [5, 5.41) is 7.18. The van der Waals surface area contributed by atoms with Crippen molar-refractivity contribution in [3.8, 4) is 0 Å². The first-order valence-corrected chi connectivity index (χ1v) is 11.9. The Hall–Kier alpha value is -4.18. The van der Waals surface area contributed by atoms with Crippen molar-refractivity contribution < 1.29 is 18.7 Å². The summed E-state index contributed by atoms with van der Waals surface area (Å²) in [5.74, 6) is 0.496. The van der Waals surface area contributed by atoms with Crippen LogP contribution >= 0.6 is 11.6 Å². The summed E-state index contributed by atoms with van der Waals surface area (Å²) in [5.41, 5.74) is 0.447. The quantitative estimate of drug-likeness (QED) is 0.346. The molecule has 0 aliphatic carbocycles. The number of likely N-dealkylation sites (N-methyl/N-ethyl adjacent to an activating group) is 1. The van der Waals surface area contributed by atoms with Gasteiger partial charge in [0.15, 0.2) is 0 Å². The SMILES string of the molecule is CN(C(=O)NCc1cccc(F)c1Cl)C(COC(=O)Nc1cc2ccccc2cn1)Cc1nccn1C. The van der Waals surface area contributed by atoms with E-state index >= 15 is 0 Å². The van der Waals surface area contributed by atoms with E-state index in [0.717, 1.165) is 10.8 Å². The fourth-order valence-corrected chi connectivity index (χ4v) is 3.92. The highest BCUT2D eigenvalue weighted by atomic mass is 35.5. The van der Waals surface area contributed by atoms with E-state index in [1.165, 1.54) is 17.0 Å².